The van der Waals surface area contributed by atoms with Gasteiger partial charge in [0.15, 0.2) is 0 Å². The monoisotopic (exact) mass is 228 g/mol. The van der Waals surface area contributed by atoms with Gasteiger partial charge in [0.2, 0.25) is 0 Å². The fraction of sp³-hybridized carbons (Fsp3) is 0.333. The summed E-state index contributed by atoms with van der Waals surface area (Å²) in [5, 5.41) is -0.392. The van der Waals surface area contributed by atoms with Crippen molar-refractivity contribution in [2.24, 2.45) is 0 Å². The second-order valence-electron chi connectivity index (χ2n) is 3.16. The molecule has 82 valence electrons. The Hall–Kier alpha value is -0.845. The van der Waals surface area contributed by atoms with Crippen LogP contribution in [0.3, 0.4) is 0 Å². The minimum absolute atomic E-state index is 0. The second-order valence-corrected chi connectivity index (χ2v) is 5.67. The minimum Gasteiger partial charge on any atom is -0.870 e. The van der Waals surface area contributed by atoms with Crippen molar-refractivity contribution in [2.45, 2.75) is 24.0 Å². The molecule has 0 amide bonds. The van der Waals surface area contributed by atoms with E-state index in [1.807, 2.05) is 0 Å². The van der Waals surface area contributed by atoms with Gasteiger partial charge in [0.1, 0.15) is 0 Å². The SMILES string of the molecule is [B+2]c1ccc(S(=O)(=O)C(C)C)cc1.[OH-].[OH-]. The Balaban J connectivity index is 0. The number of rotatable bonds is 2. The van der Waals surface area contributed by atoms with Crippen LogP contribution in [0.2, 0.25) is 0 Å². The molecule has 2 N–H and O–H groups in total. The molecule has 6 heteroatoms. The second kappa shape index (κ2) is 5.90. The summed E-state index contributed by atoms with van der Waals surface area (Å²) in [5.74, 6) is 0. The van der Waals surface area contributed by atoms with Crippen LogP contribution in [-0.2, 0) is 9.84 Å². The topological polar surface area (TPSA) is 94.1 Å². The van der Waals surface area contributed by atoms with E-state index in [4.69, 9.17) is 7.85 Å². The quantitative estimate of drug-likeness (QED) is 0.680. The predicted molar refractivity (Wildman–Crippen MR) is 58.0 cm³/mol. The van der Waals surface area contributed by atoms with Crippen LogP contribution >= 0.6 is 0 Å². The van der Waals surface area contributed by atoms with Crippen LogP contribution in [0.1, 0.15) is 13.8 Å². The summed E-state index contributed by atoms with van der Waals surface area (Å²) in [4.78, 5) is 0.330. The van der Waals surface area contributed by atoms with Crippen LogP contribution in [0.25, 0.3) is 0 Å². The first-order valence-electron chi connectivity index (χ1n) is 4.04. The molecule has 0 radical (unpaired) electrons. The third kappa shape index (κ3) is 3.66. The van der Waals surface area contributed by atoms with E-state index in [-0.39, 0.29) is 11.0 Å². The van der Waals surface area contributed by atoms with Gasteiger partial charge >= 0.3 is 79.8 Å². The van der Waals surface area contributed by atoms with Gasteiger partial charge < -0.3 is 11.0 Å². The van der Waals surface area contributed by atoms with Crippen molar-refractivity contribution >= 4 is 23.1 Å². The van der Waals surface area contributed by atoms with Crippen molar-refractivity contribution in [3.8, 4) is 0 Å². The zero-order valence-electron chi connectivity index (χ0n) is 8.58. The molecular formula is C9H13BO4S. The average molecular weight is 228 g/mol. The maximum atomic E-state index is 11.6. The Morgan fingerprint density at radius 2 is 1.47 bits per heavy atom. The van der Waals surface area contributed by atoms with Crippen molar-refractivity contribution in [1.82, 2.24) is 0 Å². The molecule has 0 fully saturated rings. The summed E-state index contributed by atoms with van der Waals surface area (Å²) in [5.41, 5.74) is 0.572. The Bertz CT molecular complexity index is 383. The Morgan fingerprint density at radius 1 is 1.07 bits per heavy atom. The minimum atomic E-state index is -3.15. The largest absolute Gasteiger partial charge is 0.870 e. The van der Waals surface area contributed by atoms with Gasteiger partial charge in [0, 0.05) is 0 Å². The zero-order chi connectivity index (χ0) is 10.1. The van der Waals surface area contributed by atoms with Crippen LogP contribution < -0.4 is 5.46 Å². The standard InChI is InChI=1S/C9H11BO2S.2H2O/c1-7(2)13(11,12)9-5-3-8(10)4-6-9;;/h3-7H,1-2H3;2*1H2/q+2;;/p-2. The molecule has 0 bridgehead atoms. The molecule has 0 spiro atoms. The maximum Gasteiger partial charge on any atom is -0.870 e. The van der Waals surface area contributed by atoms with Crippen LogP contribution in [0.4, 0.5) is 0 Å². The van der Waals surface area contributed by atoms with Gasteiger partial charge in [-0.25, -0.2) is 0 Å². The summed E-state index contributed by atoms with van der Waals surface area (Å²) in [6.45, 7) is 3.32. The van der Waals surface area contributed by atoms with Gasteiger partial charge in [-0.15, -0.1) is 0 Å². The van der Waals surface area contributed by atoms with Crippen LogP contribution in [-0.4, -0.2) is 32.5 Å². The van der Waals surface area contributed by atoms with E-state index in [0.29, 0.717) is 10.4 Å². The van der Waals surface area contributed by atoms with Crippen molar-refractivity contribution in [3.05, 3.63) is 24.3 Å². The maximum absolute atomic E-state index is 11.6. The molecule has 0 aromatic heterocycles. The first kappa shape index (κ1) is 16.6. The van der Waals surface area contributed by atoms with E-state index < -0.39 is 15.1 Å². The van der Waals surface area contributed by atoms with Gasteiger partial charge in [0.25, 0.3) is 0 Å². The zero-order valence-corrected chi connectivity index (χ0v) is 9.40. The van der Waals surface area contributed by atoms with E-state index in [1.54, 1.807) is 26.0 Å². The molecule has 0 heterocycles. The number of sulfone groups is 1. The number of benzene rings is 1. The fourth-order valence-corrected chi connectivity index (χ4v) is 1.99. The summed E-state index contributed by atoms with van der Waals surface area (Å²) in [6, 6.07) is 6.25. The summed E-state index contributed by atoms with van der Waals surface area (Å²) in [7, 11) is 2.30. The Morgan fingerprint density at radius 3 is 1.80 bits per heavy atom. The molecule has 0 aliphatic carbocycles. The van der Waals surface area contributed by atoms with Crippen molar-refractivity contribution in [1.29, 1.82) is 0 Å². The van der Waals surface area contributed by atoms with Crippen molar-refractivity contribution < 1.29 is 19.4 Å². The predicted octanol–water partition coefficient (Wildman–Crippen LogP) is 0.309. The summed E-state index contributed by atoms with van der Waals surface area (Å²) in [6.07, 6.45) is 0. The first-order chi connectivity index (χ1) is 5.94. The first-order valence-corrected chi connectivity index (χ1v) is 5.58. The molecule has 1 aromatic carbocycles. The molecule has 0 aliphatic rings. The fourth-order valence-electron chi connectivity index (χ4n) is 0.930. The van der Waals surface area contributed by atoms with Crippen molar-refractivity contribution in [2.75, 3.05) is 0 Å². The molecule has 0 unspecified atom stereocenters. The van der Waals surface area contributed by atoms with Gasteiger partial charge in [-0.1, -0.05) is 0 Å². The van der Waals surface area contributed by atoms with Crippen LogP contribution in [0.15, 0.2) is 29.2 Å². The van der Waals surface area contributed by atoms with Gasteiger partial charge in [-0.05, 0) is 0 Å². The van der Waals surface area contributed by atoms with E-state index in [2.05, 4.69) is 0 Å². The van der Waals surface area contributed by atoms with Crippen LogP contribution in [0, 0.1) is 0 Å². The van der Waals surface area contributed by atoms with E-state index in [9.17, 15) is 8.42 Å². The van der Waals surface area contributed by atoms with Crippen molar-refractivity contribution in [3.63, 3.8) is 0 Å². The Labute approximate surface area is 91.3 Å². The van der Waals surface area contributed by atoms with E-state index >= 15 is 0 Å². The molecular weight excluding hydrogens is 215 g/mol. The van der Waals surface area contributed by atoms with E-state index in [1.165, 1.54) is 12.1 Å². The summed E-state index contributed by atoms with van der Waals surface area (Å²) >= 11 is 0. The molecule has 1 rings (SSSR count). The van der Waals surface area contributed by atoms with Gasteiger partial charge in [-0.2, -0.15) is 0 Å². The molecule has 0 atom stereocenters. The average Bonchev–Trinajstić information content (AvgIpc) is 2.04. The van der Waals surface area contributed by atoms with Gasteiger partial charge in [0.05, 0.1) is 0 Å². The third-order valence-electron chi connectivity index (χ3n) is 1.83. The molecule has 4 nitrogen and oxygen atoms in total. The number of hydrogen-bond acceptors (Lipinski definition) is 4. The molecule has 0 saturated heterocycles. The van der Waals surface area contributed by atoms with Crippen LogP contribution in [0.5, 0.6) is 0 Å². The molecule has 1 aromatic rings. The third-order valence-corrected chi connectivity index (χ3v) is 4.00. The van der Waals surface area contributed by atoms with Gasteiger partial charge in [-0.3, -0.25) is 0 Å². The number of hydrogen-bond donors (Lipinski definition) is 0. The smallest absolute Gasteiger partial charge is 0.870 e. The summed E-state index contributed by atoms with van der Waals surface area (Å²) < 4.78 is 23.2. The normalized spacial score (nSPS) is 10.5. The molecule has 0 aliphatic heterocycles. The molecule has 15 heavy (non-hydrogen) atoms. The Kier molecular flexibility index (Phi) is 6.52. The van der Waals surface area contributed by atoms with E-state index in [0.717, 1.165) is 0 Å². The molecule has 0 saturated carbocycles.